The molecule has 1 aliphatic carbocycles. The van der Waals surface area contributed by atoms with Crippen LogP contribution in [0.25, 0.3) is 11.1 Å². The van der Waals surface area contributed by atoms with E-state index in [1.165, 1.54) is 6.42 Å². The summed E-state index contributed by atoms with van der Waals surface area (Å²) in [6.07, 6.45) is 3.48. The number of hydrogen-bond acceptors (Lipinski definition) is 4. The lowest BCUT2D eigenvalue weighted by Gasteiger charge is -2.43. The molecule has 1 aliphatic rings. The Labute approximate surface area is 113 Å². The van der Waals surface area contributed by atoms with Crippen LogP contribution in [0, 0.1) is 12.3 Å². The van der Waals surface area contributed by atoms with Crippen LogP contribution in [0.2, 0.25) is 0 Å². The summed E-state index contributed by atoms with van der Waals surface area (Å²) in [4.78, 5) is 6.57. The van der Waals surface area contributed by atoms with Gasteiger partial charge in [-0.15, -0.1) is 0 Å². The first kappa shape index (κ1) is 12.5. The van der Waals surface area contributed by atoms with E-state index in [2.05, 4.69) is 29.1 Å². The third kappa shape index (κ3) is 2.21. The minimum absolute atomic E-state index is 0.101. The highest BCUT2D eigenvalue weighted by atomic mass is 16.3. The van der Waals surface area contributed by atoms with Crippen LogP contribution in [0.1, 0.15) is 25.2 Å². The molecule has 0 unspecified atom stereocenters. The number of anilines is 1. The fourth-order valence-corrected chi connectivity index (χ4v) is 2.91. The third-order valence-corrected chi connectivity index (χ3v) is 4.24. The number of aliphatic hydroxyl groups excluding tert-OH is 1. The van der Waals surface area contributed by atoms with Crippen LogP contribution in [-0.2, 0) is 0 Å². The largest absolute Gasteiger partial charge is 0.441 e. The van der Waals surface area contributed by atoms with Crippen LogP contribution in [-0.4, -0.2) is 30.3 Å². The Morgan fingerprint density at radius 2 is 2.21 bits per heavy atom. The van der Waals surface area contributed by atoms with Crippen LogP contribution in [0.5, 0.6) is 0 Å². The Balaban J connectivity index is 1.82. The Kier molecular flexibility index (Phi) is 2.97. The first-order valence-corrected chi connectivity index (χ1v) is 6.81. The molecule has 0 spiro atoms. The molecule has 0 bridgehead atoms. The fourth-order valence-electron chi connectivity index (χ4n) is 2.91. The molecule has 1 N–H and O–H groups in total. The van der Waals surface area contributed by atoms with Crippen LogP contribution in [0.4, 0.5) is 5.69 Å². The van der Waals surface area contributed by atoms with Crippen molar-refractivity contribution in [3.63, 3.8) is 0 Å². The zero-order valence-electron chi connectivity index (χ0n) is 11.5. The van der Waals surface area contributed by atoms with Gasteiger partial charge in [-0.05, 0) is 31.0 Å². The first-order chi connectivity index (χ1) is 9.12. The van der Waals surface area contributed by atoms with E-state index in [9.17, 15) is 5.11 Å². The maximum absolute atomic E-state index is 9.55. The second kappa shape index (κ2) is 4.53. The van der Waals surface area contributed by atoms with Crippen molar-refractivity contribution in [3.8, 4) is 0 Å². The third-order valence-electron chi connectivity index (χ3n) is 4.24. The van der Waals surface area contributed by atoms with Crippen LogP contribution in [0.3, 0.4) is 0 Å². The molecule has 2 aromatic rings. The van der Waals surface area contributed by atoms with Crippen molar-refractivity contribution in [1.82, 2.24) is 4.98 Å². The topological polar surface area (TPSA) is 49.5 Å². The molecule has 0 atom stereocenters. The highest BCUT2D eigenvalue weighted by Gasteiger charge is 2.37. The molecule has 3 rings (SSSR count). The lowest BCUT2D eigenvalue weighted by atomic mass is 9.69. The molecule has 0 radical (unpaired) electrons. The molecule has 19 heavy (non-hydrogen) atoms. The Morgan fingerprint density at radius 3 is 2.84 bits per heavy atom. The Morgan fingerprint density at radius 1 is 1.42 bits per heavy atom. The number of benzene rings is 1. The van der Waals surface area contributed by atoms with E-state index in [1.54, 1.807) is 0 Å². The number of rotatable bonds is 4. The van der Waals surface area contributed by atoms with Gasteiger partial charge in [0.15, 0.2) is 11.5 Å². The summed E-state index contributed by atoms with van der Waals surface area (Å²) in [5.41, 5.74) is 2.95. The maximum atomic E-state index is 9.55. The predicted octanol–water partition coefficient (Wildman–Crippen LogP) is 2.74. The van der Waals surface area contributed by atoms with Crippen molar-refractivity contribution in [3.05, 3.63) is 24.1 Å². The molecule has 4 heteroatoms. The lowest BCUT2D eigenvalue weighted by molar-refractivity contribution is 0.0524. The molecule has 0 saturated heterocycles. The molecule has 4 nitrogen and oxygen atoms in total. The summed E-state index contributed by atoms with van der Waals surface area (Å²) < 4.78 is 5.49. The molecule has 0 amide bonds. The van der Waals surface area contributed by atoms with E-state index in [1.807, 2.05) is 13.0 Å². The molecule has 0 aliphatic heterocycles. The van der Waals surface area contributed by atoms with Gasteiger partial charge in [0.2, 0.25) is 0 Å². The van der Waals surface area contributed by atoms with Gasteiger partial charge in [0, 0.05) is 31.6 Å². The number of hydrogen-bond donors (Lipinski definition) is 1. The summed E-state index contributed by atoms with van der Waals surface area (Å²) in [6, 6.07) is 6.07. The van der Waals surface area contributed by atoms with Gasteiger partial charge in [-0.3, -0.25) is 0 Å². The molecule has 1 aromatic heterocycles. The van der Waals surface area contributed by atoms with Gasteiger partial charge in [-0.2, -0.15) is 0 Å². The van der Waals surface area contributed by atoms with Gasteiger partial charge in [0.05, 0.1) is 6.61 Å². The van der Waals surface area contributed by atoms with Gasteiger partial charge in [0.25, 0.3) is 0 Å². The van der Waals surface area contributed by atoms with Crippen molar-refractivity contribution in [2.24, 2.45) is 5.41 Å². The second-order valence-electron chi connectivity index (χ2n) is 5.75. The summed E-state index contributed by atoms with van der Waals surface area (Å²) in [5.74, 6) is 0.695. The zero-order chi connectivity index (χ0) is 13.5. The summed E-state index contributed by atoms with van der Waals surface area (Å²) in [7, 11) is 2.07. The molecular formula is C15H20N2O2. The van der Waals surface area contributed by atoms with Crippen molar-refractivity contribution in [1.29, 1.82) is 0 Å². The Hall–Kier alpha value is -1.55. The molecule has 1 saturated carbocycles. The van der Waals surface area contributed by atoms with E-state index in [0.29, 0.717) is 5.89 Å². The van der Waals surface area contributed by atoms with Crippen LogP contribution in [0.15, 0.2) is 22.6 Å². The van der Waals surface area contributed by atoms with Crippen LogP contribution >= 0.6 is 0 Å². The number of nitrogens with zero attached hydrogens (tertiary/aromatic N) is 2. The summed E-state index contributed by atoms with van der Waals surface area (Å²) >= 11 is 0. The van der Waals surface area contributed by atoms with Crippen molar-refractivity contribution in [2.75, 3.05) is 25.1 Å². The number of fused-ring (bicyclic) bond motifs is 1. The predicted molar refractivity (Wildman–Crippen MR) is 75.4 cm³/mol. The minimum Gasteiger partial charge on any atom is -0.441 e. The fraction of sp³-hybridized carbons (Fsp3) is 0.533. The SMILES string of the molecule is Cc1nc2cc(N(C)CC3(CO)CCC3)ccc2o1. The normalized spacial score (nSPS) is 17.4. The molecule has 1 heterocycles. The monoisotopic (exact) mass is 260 g/mol. The standard InChI is InChI=1S/C15H20N2O2/c1-11-16-13-8-12(4-5-14(13)19-11)17(2)9-15(10-18)6-3-7-15/h4-5,8,18H,3,6-7,9-10H2,1-2H3. The van der Waals surface area contributed by atoms with Gasteiger partial charge in [-0.1, -0.05) is 6.42 Å². The van der Waals surface area contributed by atoms with Crippen molar-refractivity contribution < 1.29 is 9.52 Å². The van der Waals surface area contributed by atoms with Gasteiger partial charge in [-0.25, -0.2) is 4.98 Å². The van der Waals surface area contributed by atoms with Crippen molar-refractivity contribution >= 4 is 16.8 Å². The van der Waals surface area contributed by atoms with E-state index >= 15 is 0 Å². The molecule has 1 aromatic carbocycles. The summed E-state index contributed by atoms with van der Waals surface area (Å²) in [6.45, 7) is 3.03. The van der Waals surface area contributed by atoms with Crippen molar-refractivity contribution in [2.45, 2.75) is 26.2 Å². The quantitative estimate of drug-likeness (QED) is 0.918. The van der Waals surface area contributed by atoms with Gasteiger partial charge < -0.3 is 14.4 Å². The number of oxazole rings is 1. The van der Waals surface area contributed by atoms with Crippen LogP contribution < -0.4 is 4.90 Å². The summed E-state index contributed by atoms with van der Waals surface area (Å²) in [5, 5.41) is 9.55. The van der Waals surface area contributed by atoms with Gasteiger partial charge >= 0.3 is 0 Å². The number of aromatic nitrogens is 1. The van der Waals surface area contributed by atoms with E-state index in [0.717, 1.165) is 36.2 Å². The average Bonchev–Trinajstić information content (AvgIpc) is 2.72. The zero-order valence-corrected chi connectivity index (χ0v) is 11.5. The minimum atomic E-state index is 0.101. The van der Waals surface area contributed by atoms with E-state index in [4.69, 9.17) is 4.42 Å². The maximum Gasteiger partial charge on any atom is 0.192 e. The average molecular weight is 260 g/mol. The lowest BCUT2D eigenvalue weighted by Crippen LogP contribution is -2.43. The highest BCUT2D eigenvalue weighted by Crippen LogP contribution is 2.41. The first-order valence-electron chi connectivity index (χ1n) is 6.81. The van der Waals surface area contributed by atoms with E-state index < -0.39 is 0 Å². The van der Waals surface area contributed by atoms with E-state index in [-0.39, 0.29) is 12.0 Å². The second-order valence-corrected chi connectivity index (χ2v) is 5.75. The Bertz CT molecular complexity index is 581. The van der Waals surface area contributed by atoms with Gasteiger partial charge in [0.1, 0.15) is 5.52 Å². The molecule has 1 fully saturated rings. The number of aliphatic hydroxyl groups is 1. The number of aryl methyl sites for hydroxylation is 1. The smallest absolute Gasteiger partial charge is 0.192 e. The molecule has 102 valence electrons. The molecular weight excluding hydrogens is 240 g/mol. The highest BCUT2D eigenvalue weighted by molar-refractivity contribution is 5.77.